The van der Waals surface area contributed by atoms with Crippen LogP contribution in [0.2, 0.25) is 0 Å². The Morgan fingerprint density at radius 2 is 0.897 bits per heavy atom. The maximum Gasteiger partial charge on any atom is 0.253 e. The van der Waals surface area contributed by atoms with E-state index in [0.29, 0.717) is 0 Å². The van der Waals surface area contributed by atoms with Crippen LogP contribution in [0.5, 0.6) is 0 Å². The van der Waals surface area contributed by atoms with Crippen molar-refractivity contribution >= 4 is 95.3 Å². The van der Waals surface area contributed by atoms with E-state index < -0.39 is 0 Å². The molecule has 0 fully saturated rings. The predicted molar refractivity (Wildman–Crippen MR) is 251 cm³/mol. The minimum Gasteiger partial charge on any atom is -0.311 e. The average molecular weight is 752 g/mol. The number of benzene rings is 7. The molecule has 2 aliphatic rings. The summed E-state index contributed by atoms with van der Waals surface area (Å²) in [6.07, 6.45) is 0. The molecule has 0 radical (unpaired) electrons. The van der Waals surface area contributed by atoms with Crippen molar-refractivity contribution in [3.63, 3.8) is 0 Å². The van der Waals surface area contributed by atoms with Crippen molar-refractivity contribution in [2.45, 2.75) is 78.6 Å². The van der Waals surface area contributed by atoms with Crippen molar-refractivity contribution in [3.05, 3.63) is 156 Å². The van der Waals surface area contributed by atoms with Gasteiger partial charge in [-0.15, -0.1) is 0 Å². The number of fused-ring (bicyclic) bond motifs is 11. The van der Waals surface area contributed by atoms with Crippen LogP contribution in [0.3, 0.4) is 0 Å². The SMILES string of the molecule is CC(C)(C)c1ccc(N2c3cc(C(C)(C)C)ccc3B3c4c2cccc4N(c2ccc(C(C)(C)C)cc2)c2cc4c5ccccc5n5c6ccccc6c(c23)c45)cc1. The van der Waals surface area contributed by atoms with Crippen molar-refractivity contribution < 1.29 is 0 Å². The summed E-state index contributed by atoms with van der Waals surface area (Å²) in [5, 5.41) is 5.26. The van der Waals surface area contributed by atoms with Crippen LogP contribution in [0.1, 0.15) is 79.0 Å². The molecule has 284 valence electrons. The molecule has 0 aliphatic carbocycles. The zero-order valence-electron chi connectivity index (χ0n) is 35.2. The van der Waals surface area contributed by atoms with Crippen molar-refractivity contribution in [3.8, 4) is 0 Å². The van der Waals surface area contributed by atoms with Gasteiger partial charge in [0.1, 0.15) is 0 Å². The highest BCUT2D eigenvalue weighted by Gasteiger charge is 2.45. The fourth-order valence-electron chi connectivity index (χ4n) is 10.2. The number of hydrogen-bond donors (Lipinski definition) is 0. The zero-order chi connectivity index (χ0) is 40.0. The van der Waals surface area contributed by atoms with E-state index >= 15 is 0 Å². The molecule has 0 amide bonds. The third-order valence-electron chi connectivity index (χ3n) is 13.2. The second-order valence-electron chi connectivity index (χ2n) is 19.9. The minimum atomic E-state index is -0.0144. The monoisotopic (exact) mass is 751 g/mol. The summed E-state index contributed by atoms with van der Waals surface area (Å²) < 4.78 is 2.54. The van der Waals surface area contributed by atoms with E-state index in [1.165, 1.54) is 105 Å². The number of rotatable bonds is 2. The zero-order valence-corrected chi connectivity index (χ0v) is 35.2. The number of para-hydroxylation sites is 2. The molecule has 0 bridgehead atoms. The highest BCUT2D eigenvalue weighted by molar-refractivity contribution is 7.02. The molecule has 2 aliphatic heterocycles. The van der Waals surface area contributed by atoms with Crippen molar-refractivity contribution in [1.82, 2.24) is 4.40 Å². The summed E-state index contributed by atoms with van der Waals surface area (Å²) in [5.74, 6) is 0. The third kappa shape index (κ3) is 4.87. The number of aromatic nitrogens is 1. The van der Waals surface area contributed by atoms with E-state index in [9.17, 15) is 0 Å². The molecular weight excluding hydrogens is 701 g/mol. The molecule has 0 atom stereocenters. The summed E-state index contributed by atoms with van der Waals surface area (Å²) in [7, 11) is 0. The van der Waals surface area contributed by atoms with Crippen LogP contribution in [0.25, 0.3) is 38.1 Å². The van der Waals surface area contributed by atoms with Crippen LogP contribution in [0.15, 0.2) is 140 Å². The van der Waals surface area contributed by atoms with Crippen molar-refractivity contribution in [2.75, 3.05) is 9.80 Å². The molecule has 9 aromatic rings. The van der Waals surface area contributed by atoms with E-state index in [1.807, 2.05) is 0 Å². The van der Waals surface area contributed by atoms with Gasteiger partial charge in [0.05, 0.1) is 16.6 Å². The van der Waals surface area contributed by atoms with E-state index in [1.54, 1.807) is 0 Å². The van der Waals surface area contributed by atoms with Crippen molar-refractivity contribution in [1.29, 1.82) is 0 Å². The Kier molecular flexibility index (Phi) is 7.15. The Morgan fingerprint density at radius 1 is 0.397 bits per heavy atom. The van der Waals surface area contributed by atoms with E-state index in [0.717, 1.165) is 0 Å². The number of anilines is 6. The lowest BCUT2D eigenvalue weighted by Crippen LogP contribution is -2.61. The first kappa shape index (κ1) is 35.2. The van der Waals surface area contributed by atoms with Gasteiger partial charge in [-0.05, 0) is 110 Å². The normalized spacial score (nSPS) is 14.2. The predicted octanol–water partition coefficient (Wildman–Crippen LogP) is 12.8. The molecule has 3 nitrogen and oxygen atoms in total. The molecule has 0 saturated heterocycles. The molecule has 0 saturated carbocycles. The number of nitrogens with zero attached hydrogens (tertiary/aromatic N) is 3. The van der Waals surface area contributed by atoms with Gasteiger partial charge in [0.2, 0.25) is 0 Å². The van der Waals surface area contributed by atoms with Gasteiger partial charge in [0.15, 0.2) is 0 Å². The van der Waals surface area contributed by atoms with Crippen LogP contribution in [0, 0.1) is 0 Å². The van der Waals surface area contributed by atoms with Crippen LogP contribution in [-0.4, -0.2) is 11.1 Å². The molecule has 4 heterocycles. The Hall–Kier alpha value is -6.00. The van der Waals surface area contributed by atoms with E-state index in [2.05, 4.69) is 216 Å². The molecule has 2 aromatic heterocycles. The lowest BCUT2D eigenvalue weighted by atomic mass is 9.33. The Labute approximate surface area is 343 Å². The maximum absolute atomic E-state index is 2.58. The fourth-order valence-corrected chi connectivity index (χ4v) is 10.2. The van der Waals surface area contributed by atoms with Gasteiger partial charge in [-0.1, -0.05) is 141 Å². The van der Waals surface area contributed by atoms with Crippen LogP contribution in [0.4, 0.5) is 34.1 Å². The summed E-state index contributed by atoms with van der Waals surface area (Å²) >= 11 is 0. The largest absolute Gasteiger partial charge is 0.311 e. The van der Waals surface area contributed by atoms with Crippen LogP contribution >= 0.6 is 0 Å². The van der Waals surface area contributed by atoms with Gasteiger partial charge in [-0.2, -0.15) is 0 Å². The Morgan fingerprint density at radius 3 is 1.47 bits per heavy atom. The molecule has 11 rings (SSSR count). The van der Waals surface area contributed by atoms with Gasteiger partial charge < -0.3 is 14.2 Å². The Bertz CT molecular complexity index is 3110. The van der Waals surface area contributed by atoms with Gasteiger partial charge in [-0.25, -0.2) is 0 Å². The van der Waals surface area contributed by atoms with Crippen LogP contribution < -0.4 is 26.2 Å². The van der Waals surface area contributed by atoms with Gasteiger partial charge >= 0.3 is 0 Å². The molecule has 0 spiro atoms. The van der Waals surface area contributed by atoms with Gasteiger partial charge in [-0.3, -0.25) is 0 Å². The summed E-state index contributed by atoms with van der Waals surface area (Å²) in [6.45, 7) is 20.8. The first-order valence-corrected chi connectivity index (χ1v) is 21.0. The van der Waals surface area contributed by atoms with Crippen molar-refractivity contribution in [2.24, 2.45) is 0 Å². The van der Waals surface area contributed by atoms with Gasteiger partial charge in [0.25, 0.3) is 6.71 Å². The maximum atomic E-state index is 2.58. The van der Waals surface area contributed by atoms with Crippen LogP contribution in [-0.2, 0) is 16.2 Å². The van der Waals surface area contributed by atoms with E-state index in [4.69, 9.17) is 0 Å². The third-order valence-corrected chi connectivity index (χ3v) is 13.2. The Balaban J connectivity index is 1.30. The highest BCUT2D eigenvalue weighted by atomic mass is 15.2. The average Bonchev–Trinajstić information content (AvgIpc) is 3.72. The molecule has 4 heteroatoms. The molecule has 0 N–H and O–H groups in total. The topological polar surface area (TPSA) is 10.9 Å². The molecular formula is C54H50BN3. The minimum absolute atomic E-state index is 0.0115. The fraction of sp³-hybridized carbons (Fsp3) is 0.222. The molecule has 58 heavy (non-hydrogen) atoms. The number of hydrogen-bond acceptors (Lipinski definition) is 2. The standard InChI is InChI=1S/C54H50BN3/c1-52(2,3)33-21-26-36(27-22-33)56-44-19-14-20-45-49(44)55(41-30-25-35(31-46(41)56)54(7,8)9)50-47(57(45)37-28-23-34(24-29-37)53(4,5)6)32-40-38-15-10-12-17-42(38)58-43-18-13-11-16-39(43)48(50)51(40)58/h10-32H,1-9H3. The first-order chi connectivity index (χ1) is 27.7. The lowest BCUT2D eigenvalue weighted by molar-refractivity contribution is 0.590. The summed E-state index contributed by atoms with van der Waals surface area (Å²) in [5.41, 5.74) is 19.4. The smallest absolute Gasteiger partial charge is 0.253 e. The molecule has 0 unspecified atom stereocenters. The lowest BCUT2D eigenvalue weighted by Gasteiger charge is -2.45. The van der Waals surface area contributed by atoms with E-state index in [-0.39, 0.29) is 23.0 Å². The second-order valence-corrected chi connectivity index (χ2v) is 19.9. The summed E-state index contributed by atoms with van der Waals surface area (Å²) in [4.78, 5) is 5.14. The highest BCUT2D eigenvalue weighted by Crippen LogP contribution is 2.49. The first-order valence-electron chi connectivity index (χ1n) is 21.0. The quantitative estimate of drug-likeness (QED) is 0.163. The second kappa shape index (κ2) is 11.8. The summed E-state index contributed by atoms with van der Waals surface area (Å²) in [6, 6.07) is 53.6. The van der Waals surface area contributed by atoms with Gasteiger partial charge in [0, 0.05) is 55.7 Å². The molecule has 7 aromatic carbocycles.